The number of hydrogen-bond acceptors (Lipinski definition) is 4. The molecule has 0 bridgehead atoms. The molecule has 2 rings (SSSR count). The van der Waals surface area contributed by atoms with Crippen molar-refractivity contribution in [2.24, 2.45) is 0 Å². The molecule has 17 heavy (non-hydrogen) atoms. The number of anilines is 2. The highest BCUT2D eigenvalue weighted by Crippen LogP contribution is 2.21. The summed E-state index contributed by atoms with van der Waals surface area (Å²) in [7, 11) is 0. The molecule has 0 saturated carbocycles. The zero-order chi connectivity index (χ0) is 12.3. The number of rotatable bonds is 2. The van der Waals surface area contributed by atoms with Crippen LogP contribution in [0.15, 0.2) is 30.6 Å². The third-order valence-corrected chi connectivity index (χ3v) is 2.02. The van der Waals surface area contributed by atoms with Crippen LogP contribution in [0.25, 0.3) is 0 Å². The van der Waals surface area contributed by atoms with Crippen molar-refractivity contribution in [3.63, 3.8) is 0 Å². The number of halogens is 2. The van der Waals surface area contributed by atoms with E-state index in [1.165, 1.54) is 18.2 Å². The van der Waals surface area contributed by atoms with Gasteiger partial charge in [-0.3, -0.25) is 0 Å². The van der Waals surface area contributed by atoms with Crippen LogP contribution in [-0.2, 0) is 0 Å². The van der Waals surface area contributed by atoms with Crippen LogP contribution in [0.4, 0.5) is 20.3 Å². The Hall–Kier alpha value is -2.55. The molecule has 6 heteroatoms. The van der Waals surface area contributed by atoms with Crippen molar-refractivity contribution < 1.29 is 8.78 Å². The largest absolute Gasteiger partial charge is 0.339 e. The Morgan fingerprint density at radius 3 is 2.76 bits per heavy atom. The highest BCUT2D eigenvalue weighted by atomic mass is 19.1. The van der Waals surface area contributed by atoms with E-state index >= 15 is 0 Å². The minimum absolute atomic E-state index is 0.147. The van der Waals surface area contributed by atoms with Gasteiger partial charge in [0.1, 0.15) is 29.6 Å². The van der Waals surface area contributed by atoms with Crippen LogP contribution in [0.5, 0.6) is 0 Å². The van der Waals surface area contributed by atoms with Crippen molar-refractivity contribution in [3.05, 3.63) is 47.9 Å². The van der Waals surface area contributed by atoms with Crippen molar-refractivity contribution in [1.82, 2.24) is 9.97 Å². The van der Waals surface area contributed by atoms with Crippen molar-refractivity contribution in [2.75, 3.05) is 5.32 Å². The standard InChI is InChI=1S/C11H6F2N4/c12-8-2-1-3-9(7(8)5-14)17-11-4-10(13)15-6-16-11/h1-4,6H,(H,15,16,17). The van der Waals surface area contributed by atoms with Crippen LogP contribution in [0, 0.1) is 23.1 Å². The van der Waals surface area contributed by atoms with Gasteiger partial charge in [0.25, 0.3) is 0 Å². The molecule has 0 aliphatic rings. The maximum absolute atomic E-state index is 13.3. The van der Waals surface area contributed by atoms with Crippen molar-refractivity contribution >= 4 is 11.5 Å². The van der Waals surface area contributed by atoms with E-state index < -0.39 is 11.8 Å². The van der Waals surface area contributed by atoms with Gasteiger partial charge < -0.3 is 5.32 Å². The molecule has 4 nitrogen and oxygen atoms in total. The van der Waals surface area contributed by atoms with Gasteiger partial charge in [0.15, 0.2) is 0 Å². The monoisotopic (exact) mass is 232 g/mol. The molecule has 0 radical (unpaired) electrons. The van der Waals surface area contributed by atoms with Crippen molar-refractivity contribution in [2.45, 2.75) is 0 Å². The van der Waals surface area contributed by atoms with E-state index in [4.69, 9.17) is 5.26 Å². The van der Waals surface area contributed by atoms with Crippen molar-refractivity contribution in [3.8, 4) is 6.07 Å². The summed E-state index contributed by atoms with van der Waals surface area (Å²) >= 11 is 0. The Kier molecular flexibility index (Phi) is 2.92. The molecule has 1 N–H and O–H groups in total. The average molecular weight is 232 g/mol. The van der Waals surface area contributed by atoms with E-state index in [1.54, 1.807) is 6.07 Å². The van der Waals surface area contributed by atoms with Crippen LogP contribution in [0.1, 0.15) is 5.56 Å². The predicted molar refractivity (Wildman–Crippen MR) is 56.4 cm³/mol. The molecule has 1 aromatic heterocycles. The number of hydrogen-bond donors (Lipinski definition) is 1. The third-order valence-electron chi connectivity index (χ3n) is 2.02. The lowest BCUT2D eigenvalue weighted by Gasteiger charge is -2.07. The summed E-state index contributed by atoms with van der Waals surface area (Å²) in [5.74, 6) is -1.20. The lowest BCUT2D eigenvalue weighted by Crippen LogP contribution is -1.99. The lowest BCUT2D eigenvalue weighted by molar-refractivity contribution is 0.580. The van der Waals surface area contributed by atoms with Gasteiger partial charge in [-0.1, -0.05) is 6.07 Å². The summed E-state index contributed by atoms with van der Waals surface area (Å²) in [6.07, 6.45) is 1.03. The molecule has 0 amide bonds. The highest BCUT2D eigenvalue weighted by molar-refractivity contribution is 5.64. The van der Waals surface area contributed by atoms with Crippen molar-refractivity contribution in [1.29, 1.82) is 5.26 Å². The van der Waals surface area contributed by atoms with Gasteiger partial charge in [-0.25, -0.2) is 14.4 Å². The molecule has 0 aliphatic heterocycles. The van der Waals surface area contributed by atoms with Crippen LogP contribution < -0.4 is 5.32 Å². The smallest absolute Gasteiger partial charge is 0.218 e. The highest BCUT2D eigenvalue weighted by Gasteiger charge is 2.08. The SMILES string of the molecule is N#Cc1c(F)cccc1Nc1cc(F)ncn1. The second kappa shape index (κ2) is 4.53. The van der Waals surface area contributed by atoms with Gasteiger partial charge in [0.2, 0.25) is 5.95 Å². The molecule has 1 aromatic carbocycles. The van der Waals surface area contributed by atoms with E-state index in [0.29, 0.717) is 0 Å². The Morgan fingerprint density at radius 1 is 1.24 bits per heavy atom. The van der Waals surface area contributed by atoms with Crippen LogP contribution >= 0.6 is 0 Å². The molecule has 0 unspecified atom stereocenters. The fourth-order valence-electron chi connectivity index (χ4n) is 1.28. The zero-order valence-electron chi connectivity index (χ0n) is 8.48. The maximum Gasteiger partial charge on any atom is 0.218 e. The topological polar surface area (TPSA) is 61.6 Å². The lowest BCUT2D eigenvalue weighted by atomic mass is 10.2. The molecule has 0 atom stereocenters. The van der Waals surface area contributed by atoms with E-state index in [9.17, 15) is 8.78 Å². The molecule has 0 fully saturated rings. The van der Waals surface area contributed by atoms with Gasteiger partial charge in [0, 0.05) is 6.07 Å². The van der Waals surface area contributed by atoms with Gasteiger partial charge in [-0.15, -0.1) is 0 Å². The Labute approximate surface area is 95.6 Å². The normalized spacial score (nSPS) is 9.71. The molecule has 0 aliphatic carbocycles. The van der Waals surface area contributed by atoms with Crippen LogP contribution in [0.2, 0.25) is 0 Å². The number of nitrogens with zero attached hydrogens (tertiary/aromatic N) is 3. The number of nitrogens with one attached hydrogen (secondary N) is 1. The van der Waals surface area contributed by atoms with E-state index in [2.05, 4.69) is 15.3 Å². The molecule has 84 valence electrons. The second-order valence-electron chi connectivity index (χ2n) is 3.13. The Morgan fingerprint density at radius 2 is 2.06 bits per heavy atom. The van der Waals surface area contributed by atoms with Gasteiger partial charge >= 0.3 is 0 Å². The summed E-state index contributed by atoms with van der Waals surface area (Å²) in [5.41, 5.74) is 0.0807. The quantitative estimate of drug-likeness (QED) is 0.807. The predicted octanol–water partition coefficient (Wildman–Crippen LogP) is 2.37. The third kappa shape index (κ3) is 2.34. The first kappa shape index (κ1) is 11.0. The summed E-state index contributed by atoms with van der Waals surface area (Å²) in [6, 6.07) is 6.88. The number of nitriles is 1. The Bertz CT molecular complexity index is 592. The van der Waals surface area contributed by atoms with E-state index in [0.717, 1.165) is 12.4 Å². The molecule has 0 spiro atoms. The first-order chi connectivity index (χ1) is 8.20. The molecular weight excluding hydrogens is 226 g/mol. The molecule has 0 saturated heterocycles. The van der Waals surface area contributed by atoms with E-state index in [1.807, 2.05) is 0 Å². The maximum atomic E-state index is 13.3. The molecular formula is C11H6F2N4. The molecule has 2 aromatic rings. The van der Waals surface area contributed by atoms with Crippen LogP contribution in [-0.4, -0.2) is 9.97 Å². The minimum atomic E-state index is -0.711. The Balaban J connectivity index is 2.37. The van der Waals surface area contributed by atoms with Gasteiger partial charge in [-0.2, -0.15) is 9.65 Å². The first-order valence-electron chi connectivity index (χ1n) is 4.64. The number of benzene rings is 1. The fraction of sp³-hybridized carbons (Fsp3) is 0. The minimum Gasteiger partial charge on any atom is -0.339 e. The summed E-state index contributed by atoms with van der Waals surface area (Å²) in [5, 5.41) is 11.4. The fourth-order valence-corrected chi connectivity index (χ4v) is 1.28. The van der Waals surface area contributed by atoms with Gasteiger partial charge in [0.05, 0.1) is 5.69 Å². The average Bonchev–Trinajstić information content (AvgIpc) is 2.29. The zero-order valence-corrected chi connectivity index (χ0v) is 8.48. The summed E-state index contributed by atoms with van der Waals surface area (Å²) < 4.78 is 26.1. The summed E-state index contributed by atoms with van der Waals surface area (Å²) in [6.45, 7) is 0. The van der Waals surface area contributed by atoms with Crippen LogP contribution in [0.3, 0.4) is 0 Å². The van der Waals surface area contributed by atoms with E-state index in [-0.39, 0.29) is 17.1 Å². The first-order valence-corrected chi connectivity index (χ1v) is 4.64. The molecule has 1 heterocycles. The summed E-state index contributed by atoms with van der Waals surface area (Å²) in [4.78, 5) is 7.03. The van der Waals surface area contributed by atoms with Gasteiger partial charge in [-0.05, 0) is 12.1 Å². The second-order valence-corrected chi connectivity index (χ2v) is 3.13. The number of aromatic nitrogens is 2.